The summed E-state index contributed by atoms with van der Waals surface area (Å²) in [6.07, 6.45) is 3.08. The van der Waals surface area contributed by atoms with Gasteiger partial charge in [-0.05, 0) is 53.0 Å². The molecule has 1 N–H and O–H groups in total. The van der Waals surface area contributed by atoms with Crippen LogP contribution in [0.25, 0.3) is 0 Å². The van der Waals surface area contributed by atoms with Gasteiger partial charge in [0.25, 0.3) is 0 Å². The van der Waals surface area contributed by atoms with Gasteiger partial charge in [-0.25, -0.2) is 4.39 Å². The Morgan fingerprint density at radius 3 is 2.83 bits per heavy atom. The average molecular weight is 361 g/mol. The Morgan fingerprint density at radius 1 is 1.50 bits per heavy atom. The summed E-state index contributed by atoms with van der Waals surface area (Å²) < 4.78 is 13.9. The van der Waals surface area contributed by atoms with E-state index in [4.69, 9.17) is 0 Å². The van der Waals surface area contributed by atoms with Crippen LogP contribution in [0.3, 0.4) is 0 Å². The molecule has 1 atom stereocenters. The van der Waals surface area contributed by atoms with Crippen LogP contribution in [-0.2, 0) is 4.79 Å². The van der Waals surface area contributed by atoms with E-state index in [9.17, 15) is 9.18 Å². The Labute approximate surface area is 120 Å². The van der Waals surface area contributed by atoms with Gasteiger partial charge < -0.3 is 5.32 Å². The number of nitrogens with one attached hydrogen (secondary N) is 1. The van der Waals surface area contributed by atoms with Crippen molar-refractivity contribution < 1.29 is 9.18 Å². The first-order valence-corrected chi connectivity index (χ1v) is 7.24. The highest BCUT2D eigenvalue weighted by Crippen LogP contribution is 2.43. The lowest BCUT2D eigenvalue weighted by Gasteiger charge is -2.26. The Balaban J connectivity index is 2.15. The number of carbonyl (C=O) groups excluding carboxylic acids is 1. The standard InChI is InChI=1S/C14H17FINO/c1-14(2)8-4-5-9(14)13(18)17-11-7-3-6-10(15)12(11)16/h3,6-7,9H,4-5,8H2,1-2H3,(H,17,18). The zero-order valence-corrected chi connectivity index (χ0v) is 12.8. The number of hydrogen-bond donors (Lipinski definition) is 1. The van der Waals surface area contributed by atoms with Crippen molar-refractivity contribution in [2.24, 2.45) is 11.3 Å². The van der Waals surface area contributed by atoms with E-state index in [0.29, 0.717) is 9.26 Å². The SMILES string of the molecule is CC1(C)CCCC1C(=O)Nc1cccc(F)c1I. The molecule has 0 radical (unpaired) electrons. The molecule has 0 bridgehead atoms. The summed E-state index contributed by atoms with van der Waals surface area (Å²) in [5, 5.41) is 2.86. The monoisotopic (exact) mass is 361 g/mol. The summed E-state index contributed by atoms with van der Waals surface area (Å²) in [6, 6.07) is 4.76. The molecule has 1 aliphatic carbocycles. The maximum atomic E-state index is 13.4. The summed E-state index contributed by atoms with van der Waals surface area (Å²) in [6.45, 7) is 4.25. The van der Waals surface area contributed by atoms with Gasteiger partial charge in [-0.1, -0.05) is 26.3 Å². The number of rotatable bonds is 2. The van der Waals surface area contributed by atoms with E-state index in [1.54, 1.807) is 12.1 Å². The van der Waals surface area contributed by atoms with Crippen LogP contribution < -0.4 is 5.32 Å². The molecule has 0 aliphatic heterocycles. The maximum Gasteiger partial charge on any atom is 0.228 e. The number of amides is 1. The minimum absolute atomic E-state index is 0.0148. The molecule has 1 saturated carbocycles. The van der Waals surface area contributed by atoms with E-state index < -0.39 is 0 Å². The number of benzene rings is 1. The lowest BCUT2D eigenvalue weighted by molar-refractivity contribution is -0.122. The minimum atomic E-state index is -0.293. The molecular weight excluding hydrogens is 344 g/mol. The van der Waals surface area contributed by atoms with E-state index in [1.807, 2.05) is 22.6 Å². The van der Waals surface area contributed by atoms with E-state index in [0.717, 1.165) is 19.3 Å². The Morgan fingerprint density at radius 2 is 2.22 bits per heavy atom. The van der Waals surface area contributed by atoms with Crippen LogP contribution in [0.5, 0.6) is 0 Å². The molecule has 1 aliphatic rings. The molecule has 0 aromatic heterocycles. The van der Waals surface area contributed by atoms with E-state index >= 15 is 0 Å². The normalized spacial score (nSPS) is 21.9. The van der Waals surface area contributed by atoms with Gasteiger partial charge in [0.05, 0.1) is 9.26 Å². The first-order valence-electron chi connectivity index (χ1n) is 6.17. The third kappa shape index (κ3) is 2.68. The maximum absolute atomic E-state index is 13.4. The Bertz CT molecular complexity index is 473. The second-order valence-corrected chi connectivity index (χ2v) is 6.60. The largest absolute Gasteiger partial charge is 0.325 e. The van der Waals surface area contributed by atoms with Crippen LogP contribution in [0.15, 0.2) is 18.2 Å². The second kappa shape index (κ2) is 5.15. The highest BCUT2D eigenvalue weighted by Gasteiger charge is 2.39. The van der Waals surface area contributed by atoms with Gasteiger partial charge >= 0.3 is 0 Å². The lowest BCUT2D eigenvalue weighted by Crippen LogP contribution is -2.31. The van der Waals surface area contributed by atoms with Gasteiger partial charge in [0.1, 0.15) is 5.82 Å². The zero-order chi connectivity index (χ0) is 13.3. The van der Waals surface area contributed by atoms with Crippen molar-refractivity contribution in [3.05, 3.63) is 27.6 Å². The fraction of sp³-hybridized carbons (Fsp3) is 0.500. The lowest BCUT2D eigenvalue weighted by atomic mass is 9.81. The smallest absolute Gasteiger partial charge is 0.228 e. The van der Waals surface area contributed by atoms with Gasteiger partial charge in [-0.15, -0.1) is 0 Å². The van der Waals surface area contributed by atoms with Crippen LogP contribution in [0, 0.1) is 20.7 Å². The molecule has 98 valence electrons. The van der Waals surface area contributed by atoms with Crippen molar-refractivity contribution in [1.29, 1.82) is 0 Å². The third-order valence-electron chi connectivity index (χ3n) is 3.78. The molecule has 4 heteroatoms. The van der Waals surface area contributed by atoms with Gasteiger partial charge in [0.15, 0.2) is 0 Å². The third-order valence-corrected chi connectivity index (χ3v) is 4.88. The minimum Gasteiger partial charge on any atom is -0.325 e. The summed E-state index contributed by atoms with van der Waals surface area (Å²) >= 11 is 1.92. The molecule has 1 unspecified atom stereocenters. The van der Waals surface area contributed by atoms with E-state index in [2.05, 4.69) is 19.2 Å². The Hall–Kier alpha value is -0.650. The topological polar surface area (TPSA) is 29.1 Å². The van der Waals surface area contributed by atoms with Gasteiger partial charge in [-0.2, -0.15) is 0 Å². The van der Waals surface area contributed by atoms with Crippen molar-refractivity contribution in [2.45, 2.75) is 33.1 Å². The fourth-order valence-corrected chi connectivity index (χ4v) is 3.13. The quantitative estimate of drug-likeness (QED) is 0.787. The predicted octanol–water partition coefficient (Wildman–Crippen LogP) is 4.20. The zero-order valence-electron chi connectivity index (χ0n) is 10.6. The predicted molar refractivity (Wildman–Crippen MR) is 78.9 cm³/mol. The average Bonchev–Trinajstić information content (AvgIpc) is 2.65. The molecule has 1 aromatic carbocycles. The van der Waals surface area contributed by atoms with Crippen molar-refractivity contribution in [3.63, 3.8) is 0 Å². The molecule has 2 rings (SSSR count). The summed E-state index contributed by atoms with van der Waals surface area (Å²) in [7, 11) is 0. The van der Waals surface area contributed by atoms with Crippen LogP contribution >= 0.6 is 22.6 Å². The van der Waals surface area contributed by atoms with Crippen molar-refractivity contribution in [2.75, 3.05) is 5.32 Å². The summed E-state index contributed by atoms with van der Waals surface area (Å²) in [4.78, 5) is 12.3. The fourth-order valence-electron chi connectivity index (χ4n) is 2.63. The first kappa shape index (κ1) is 13.8. The van der Waals surface area contributed by atoms with Gasteiger partial charge in [0.2, 0.25) is 5.91 Å². The molecule has 0 spiro atoms. The van der Waals surface area contributed by atoms with Gasteiger partial charge in [-0.3, -0.25) is 4.79 Å². The molecule has 0 heterocycles. The summed E-state index contributed by atoms with van der Waals surface area (Å²) in [5.74, 6) is -0.253. The molecule has 2 nitrogen and oxygen atoms in total. The number of anilines is 1. The van der Waals surface area contributed by atoms with Crippen molar-refractivity contribution >= 4 is 34.2 Å². The number of hydrogen-bond acceptors (Lipinski definition) is 1. The van der Waals surface area contributed by atoms with Crippen molar-refractivity contribution in [3.8, 4) is 0 Å². The molecule has 0 saturated heterocycles. The van der Waals surface area contributed by atoms with Crippen LogP contribution in [-0.4, -0.2) is 5.91 Å². The highest BCUT2D eigenvalue weighted by molar-refractivity contribution is 14.1. The molecule has 1 amide bonds. The second-order valence-electron chi connectivity index (χ2n) is 5.52. The molecule has 18 heavy (non-hydrogen) atoms. The first-order chi connectivity index (χ1) is 8.42. The van der Waals surface area contributed by atoms with Gasteiger partial charge in [0, 0.05) is 5.92 Å². The number of carbonyl (C=O) groups is 1. The van der Waals surface area contributed by atoms with Crippen LogP contribution in [0.1, 0.15) is 33.1 Å². The number of halogens is 2. The highest BCUT2D eigenvalue weighted by atomic mass is 127. The molecule has 1 aromatic rings. The molecular formula is C14H17FINO. The van der Waals surface area contributed by atoms with E-state index in [1.165, 1.54) is 6.07 Å². The summed E-state index contributed by atoms with van der Waals surface area (Å²) in [5.41, 5.74) is 0.617. The van der Waals surface area contributed by atoms with Crippen LogP contribution in [0.4, 0.5) is 10.1 Å². The van der Waals surface area contributed by atoms with Crippen LogP contribution in [0.2, 0.25) is 0 Å². The molecule has 1 fully saturated rings. The Kier molecular flexibility index (Phi) is 3.94. The van der Waals surface area contributed by atoms with Crippen molar-refractivity contribution in [1.82, 2.24) is 0 Å². The van der Waals surface area contributed by atoms with E-state index in [-0.39, 0.29) is 23.1 Å².